The highest BCUT2D eigenvalue weighted by Gasteiger charge is 2.34. The number of carbonyl (C=O) groups excluding carboxylic acids is 1. The Morgan fingerprint density at radius 1 is 1.62 bits per heavy atom. The molecule has 1 unspecified atom stereocenters. The van der Waals surface area contributed by atoms with E-state index in [1.165, 1.54) is 0 Å². The molecule has 0 aliphatic carbocycles. The molecule has 1 aliphatic heterocycles. The second-order valence-electron chi connectivity index (χ2n) is 3.46. The third-order valence-corrected chi connectivity index (χ3v) is 2.40. The van der Waals surface area contributed by atoms with Gasteiger partial charge in [-0.1, -0.05) is 17.7 Å². The van der Waals surface area contributed by atoms with E-state index in [-0.39, 0.29) is 0 Å². The normalized spacial score (nSPS) is 25.1. The molecule has 1 aromatic carbocycles. The van der Waals surface area contributed by atoms with Crippen LogP contribution in [0.2, 0.25) is 5.02 Å². The fraction of sp³-hybridized carbons (Fsp3) is 0.300. The van der Waals surface area contributed by atoms with Gasteiger partial charge in [-0.2, -0.15) is 0 Å². The summed E-state index contributed by atoms with van der Waals surface area (Å²) in [7, 11) is 0. The molecule has 0 aromatic heterocycles. The highest BCUT2D eigenvalue weighted by molar-refractivity contribution is 6.30. The first kappa shape index (κ1) is 8.57. The van der Waals surface area contributed by atoms with Crippen LogP contribution in [0.25, 0.3) is 0 Å². The van der Waals surface area contributed by atoms with Crippen molar-refractivity contribution in [1.29, 1.82) is 0 Å². The van der Waals surface area contributed by atoms with Crippen molar-refractivity contribution in [1.82, 2.24) is 0 Å². The molecule has 0 amide bonds. The van der Waals surface area contributed by atoms with Gasteiger partial charge in [-0.05, 0) is 24.6 Å². The zero-order valence-electron chi connectivity index (χ0n) is 7.21. The van der Waals surface area contributed by atoms with Gasteiger partial charge in [-0.3, -0.25) is 4.79 Å². The number of halogens is 1. The minimum absolute atomic E-state index is 0.628. The Morgan fingerprint density at radius 3 is 3.08 bits per heavy atom. The van der Waals surface area contributed by atoms with Crippen molar-refractivity contribution in [3.05, 3.63) is 28.8 Å². The van der Waals surface area contributed by atoms with Crippen LogP contribution >= 0.6 is 11.6 Å². The van der Waals surface area contributed by atoms with Crippen LogP contribution in [-0.2, 0) is 11.2 Å². The Hall–Kier alpha value is -1.02. The molecule has 1 aliphatic rings. The van der Waals surface area contributed by atoms with Crippen molar-refractivity contribution in [2.75, 3.05) is 0 Å². The number of benzene rings is 1. The van der Waals surface area contributed by atoms with Crippen LogP contribution in [-0.4, -0.2) is 11.9 Å². The summed E-state index contributed by atoms with van der Waals surface area (Å²) < 4.78 is 5.47. The molecule has 68 valence electrons. The van der Waals surface area contributed by atoms with Gasteiger partial charge >= 0.3 is 0 Å². The van der Waals surface area contributed by atoms with Crippen LogP contribution in [0.4, 0.5) is 0 Å². The van der Waals surface area contributed by atoms with Crippen molar-refractivity contribution in [3.8, 4) is 5.75 Å². The van der Waals surface area contributed by atoms with E-state index in [2.05, 4.69) is 0 Å². The molecule has 0 saturated heterocycles. The lowest BCUT2D eigenvalue weighted by Crippen LogP contribution is -2.31. The first-order valence-corrected chi connectivity index (χ1v) is 4.44. The lowest BCUT2D eigenvalue weighted by Gasteiger charge is -2.14. The molecule has 0 N–H and O–H groups in total. The van der Waals surface area contributed by atoms with E-state index < -0.39 is 5.60 Å². The molecule has 1 heterocycles. The molecule has 2 rings (SSSR count). The molecule has 0 bridgehead atoms. The molecular weight excluding hydrogens is 188 g/mol. The van der Waals surface area contributed by atoms with Crippen LogP contribution in [0.5, 0.6) is 5.75 Å². The van der Waals surface area contributed by atoms with Gasteiger partial charge in [-0.25, -0.2) is 0 Å². The molecule has 0 fully saturated rings. The highest BCUT2D eigenvalue weighted by Crippen LogP contribution is 2.35. The average molecular weight is 197 g/mol. The van der Waals surface area contributed by atoms with Crippen molar-refractivity contribution in [2.24, 2.45) is 0 Å². The Balaban J connectivity index is 2.40. The van der Waals surface area contributed by atoms with Gasteiger partial charge < -0.3 is 4.74 Å². The molecule has 1 aromatic rings. The van der Waals surface area contributed by atoms with Crippen LogP contribution < -0.4 is 4.74 Å². The molecule has 2 nitrogen and oxygen atoms in total. The Morgan fingerprint density at radius 2 is 2.38 bits per heavy atom. The summed E-state index contributed by atoms with van der Waals surface area (Å²) in [5, 5.41) is 0.633. The predicted octanol–water partition coefficient (Wildman–Crippen LogP) is 2.23. The average Bonchev–Trinajstić information content (AvgIpc) is 2.42. The SMILES string of the molecule is CC1(C=O)Cc2ccc(Cl)cc2O1. The number of fused-ring (bicyclic) bond motifs is 1. The van der Waals surface area contributed by atoms with Crippen LogP contribution in [0.15, 0.2) is 18.2 Å². The third-order valence-electron chi connectivity index (χ3n) is 2.16. The van der Waals surface area contributed by atoms with Gasteiger partial charge in [0.15, 0.2) is 11.9 Å². The maximum Gasteiger partial charge on any atom is 0.165 e. The van der Waals surface area contributed by atoms with Crippen molar-refractivity contribution in [2.45, 2.75) is 18.9 Å². The largest absolute Gasteiger partial charge is 0.479 e. The quantitative estimate of drug-likeness (QED) is 0.644. The maximum absolute atomic E-state index is 10.7. The molecule has 0 radical (unpaired) electrons. The molecule has 1 atom stereocenters. The highest BCUT2D eigenvalue weighted by atomic mass is 35.5. The van der Waals surface area contributed by atoms with Crippen molar-refractivity contribution >= 4 is 17.9 Å². The molecule has 0 saturated carbocycles. The van der Waals surface area contributed by atoms with Crippen LogP contribution in [0.3, 0.4) is 0 Å². The Labute approximate surface area is 81.5 Å². The number of ether oxygens (including phenoxy) is 1. The van der Waals surface area contributed by atoms with E-state index in [4.69, 9.17) is 16.3 Å². The Bertz CT molecular complexity index is 362. The summed E-state index contributed by atoms with van der Waals surface area (Å²) in [4.78, 5) is 10.7. The van der Waals surface area contributed by atoms with Crippen LogP contribution in [0.1, 0.15) is 12.5 Å². The number of aldehydes is 1. The van der Waals surface area contributed by atoms with E-state index in [1.807, 2.05) is 6.07 Å². The number of hydrogen-bond acceptors (Lipinski definition) is 2. The standard InChI is InChI=1S/C10H9ClO2/c1-10(6-12)5-7-2-3-8(11)4-9(7)13-10/h2-4,6H,5H2,1H3. The minimum Gasteiger partial charge on any atom is -0.479 e. The lowest BCUT2D eigenvalue weighted by atomic mass is 10.0. The molecular formula is C10H9ClO2. The molecule has 13 heavy (non-hydrogen) atoms. The van der Waals surface area contributed by atoms with E-state index in [1.54, 1.807) is 19.1 Å². The molecule has 0 spiro atoms. The van der Waals surface area contributed by atoms with Gasteiger partial charge in [-0.15, -0.1) is 0 Å². The Kier molecular flexibility index (Phi) is 1.81. The summed E-state index contributed by atoms with van der Waals surface area (Å²) in [5.41, 5.74) is 0.339. The summed E-state index contributed by atoms with van der Waals surface area (Å²) in [6.45, 7) is 1.77. The minimum atomic E-state index is -0.701. The summed E-state index contributed by atoms with van der Waals surface area (Å²) >= 11 is 5.79. The third kappa shape index (κ3) is 1.42. The predicted molar refractivity (Wildman–Crippen MR) is 50.3 cm³/mol. The number of carbonyl (C=O) groups is 1. The maximum atomic E-state index is 10.7. The van der Waals surface area contributed by atoms with Gasteiger partial charge in [0.25, 0.3) is 0 Å². The smallest absolute Gasteiger partial charge is 0.165 e. The van der Waals surface area contributed by atoms with Gasteiger partial charge in [0.1, 0.15) is 5.75 Å². The lowest BCUT2D eigenvalue weighted by molar-refractivity contribution is -0.118. The van der Waals surface area contributed by atoms with Gasteiger partial charge in [0.05, 0.1) is 0 Å². The van der Waals surface area contributed by atoms with E-state index in [0.29, 0.717) is 11.4 Å². The number of hydrogen-bond donors (Lipinski definition) is 0. The van der Waals surface area contributed by atoms with Gasteiger partial charge in [0.2, 0.25) is 0 Å². The van der Waals surface area contributed by atoms with Crippen LogP contribution in [0, 0.1) is 0 Å². The van der Waals surface area contributed by atoms with Gasteiger partial charge in [0, 0.05) is 11.4 Å². The summed E-state index contributed by atoms with van der Waals surface area (Å²) in [6, 6.07) is 5.44. The second-order valence-corrected chi connectivity index (χ2v) is 3.90. The fourth-order valence-electron chi connectivity index (χ4n) is 1.50. The fourth-order valence-corrected chi connectivity index (χ4v) is 1.66. The zero-order valence-corrected chi connectivity index (χ0v) is 7.97. The molecule has 3 heteroatoms. The first-order valence-electron chi connectivity index (χ1n) is 4.07. The zero-order chi connectivity index (χ0) is 9.47. The van der Waals surface area contributed by atoms with E-state index >= 15 is 0 Å². The number of rotatable bonds is 1. The first-order chi connectivity index (χ1) is 6.13. The second kappa shape index (κ2) is 2.74. The monoisotopic (exact) mass is 196 g/mol. The van der Waals surface area contributed by atoms with E-state index in [0.717, 1.165) is 17.6 Å². The topological polar surface area (TPSA) is 26.3 Å². The summed E-state index contributed by atoms with van der Waals surface area (Å²) in [5.74, 6) is 0.724. The van der Waals surface area contributed by atoms with Crippen molar-refractivity contribution in [3.63, 3.8) is 0 Å². The van der Waals surface area contributed by atoms with Crippen molar-refractivity contribution < 1.29 is 9.53 Å². The summed E-state index contributed by atoms with van der Waals surface area (Å²) in [6.07, 6.45) is 1.46. The van der Waals surface area contributed by atoms with E-state index in [9.17, 15) is 4.79 Å².